The highest BCUT2D eigenvalue weighted by Crippen LogP contribution is 2.21. The lowest BCUT2D eigenvalue weighted by Gasteiger charge is -2.09. The summed E-state index contributed by atoms with van der Waals surface area (Å²) in [5.41, 5.74) is 2.90. The van der Waals surface area contributed by atoms with Crippen molar-refractivity contribution < 1.29 is 19.4 Å². The van der Waals surface area contributed by atoms with Crippen LogP contribution in [0.25, 0.3) is 6.08 Å². The smallest absolute Gasteiger partial charge is 0.335 e. The van der Waals surface area contributed by atoms with E-state index < -0.39 is 11.9 Å². The van der Waals surface area contributed by atoms with E-state index in [-0.39, 0.29) is 17.7 Å². The lowest BCUT2D eigenvalue weighted by atomic mass is 10.1. The molecule has 0 heterocycles. The van der Waals surface area contributed by atoms with E-state index in [1.807, 2.05) is 13.0 Å². The largest absolute Gasteiger partial charge is 0.489 e. The van der Waals surface area contributed by atoms with Gasteiger partial charge in [-0.25, -0.2) is 4.79 Å². The zero-order valence-electron chi connectivity index (χ0n) is 17.1. The number of amides is 1. The Balaban J connectivity index is 1.67. The first kappa shape index (κ1) is 22.6. The number of carbonyl (C=O) groups excluding carboxylic acids is 1. The molecular formula is C25H19ClN2O4. The Hall–Kier alpha value is -4.08. The van der Waals surface area contributed by atoms with Crippen LogP contribution in [0.5, 0.6) is 5.75 Å². The molecule has 3 aromatic rings. The Morgan fingerprint density at radius 2 is 1.88 bits per heavy atom. The average molecular weight is 447 g/mol. The van der Waals surface area contributed by atoms with E-state index in [0.29, 0.717) is 22.0 Å². The molecule has 6 nitrogen and oxygen atoms in total. The monoisotopic (exact) mass is 446 g/mol. The van der Waals surface area contributed by atoms with Crippen LogP contribution in [-0.4, -0.2) is 17.0 Å². The summed E-state index contributed by atoms with van der Waals surface area (Å²) >= 11 is 5.98. The van der Waals surface area contributed by atoms with Crippen LogP contribution in [0.2, 0.25) is 5.02 Å². The number of benzene rings is 3. The van der Waals surface area contributed by atoms with Crippen LogP contribution in [0.3, 0.4) is 0 Å². The van der Waals surface area contributed by atoms with Gasteiger partial charge in [0.2, 0.25) is 0 Å². The fourth-order valence-corrected chi connectivity index (χ4v) is 3.03. The Kier molecular flexibility index (Phi) is 7.27. The Morgan fingerprint density at radius 3 is 2.56 bits per heavy atom. The summed E-state index contributed by atoms with van der Waals surface area (Å²) in [6.45, 7) is 2.04. The number of hydrogen-bond donors (Lipinski definition) is 2. The molecule has 0 unspecified atom stereocenters. The number of hydrogen-bond acceptors (Lipinski definition) is 4. The van der Waals surface area contributed by atoms with Crippen molar-refractivity contribution in [1.82, 2.24) is 0 Å². The summed E-state index contributed by atoms with van der Waals surface area (Å²) in [6, 6.07) is 20.4. The third-order valence-corrected chi connectivity index (χ3v) is 4.82. The maximum Gasteiger partial charge on any atom is 0.335 e. The topological polar surface area (TPSA) is 99.4 Å². The number of carbonyl (C=O) groups is 2. The van der Waals surface area contributed by atoms with Crippen molar-refractivity contribution in [2.24, 2.45) is 0 Å². The standard InChI is InChI=1S/C25H19ClN2O4/c1-16-5-8-21(26)13-23(16)28-24(29)20(14-27)11-17-6-9-22(10-7-17)32-15-18-3-2-4-19(12-18)25(30)31/h2-13H,15H2,1H3,(H,28,29)(H,30,31)/b20-11-. The van der Waals surface area contributed by atoms with E-state index in [1.165, 1.54) is 12.1 Å². The number of ether oxygens (including phenoxy) is 1. The third kappa shape index (κ3) is 5.97. The lowest BCUT2D eigenvalue weighted by molar-refractivity contribution is -0.112. The van der Waals surface area contributed by atoms with Gasteiger partial charge in [-0.2, -0.15) is 5.26 Å². The number of carboxylic acid groups (broad SMARTS) is 1. The highest BCUT2D eigenvalue weighted by molar-refractivity contribution is 6.31. The van der Waals surface area contributed by atoms with Crippen LogP contribution >= 0.6 is 11.6 Å². The van der Waals surface area contributed by atoms with Gasteiger partial charge in [-0.3, -0.25) is 4.79 Å². The van der Waals surface area contributed by atoms with Gasteiger partial charge in [0, 0.05) is 10.7 Å². The predicted octanol–water partition coefficient (Wildman–Crippen LogP) is 5.47. The van der Waals surface area contributed by atoms with E-state index in [2.05, 4.69) is 5.32 Å². The first-order valence-electron chi connectivity index (χ1n) is 9.60. The van der Waals surface area contributed by atoms with E-state index >= 15 is 0 Å². The molecule has 0 radical (unpaired) electrons. The zero-order valence-corrected chi connectivity index (χ0v) is 17.9. The summed E-state index contributed by atoms with van der Waals surface area (Å²) < 4.78 is 5.69. The minimum atomic E-state index is -0.995. The maximum absolute atomic E-state index is 12.5. The summed E-state index contributed by atoms with van der Waals surface area (Å²) in [5, 5.41) is 21.7. The number of aromatic carboxylic acids is 1. The second-order valence-electron chi connectivity index (χ2n) is 6.95. The minimum absolute atomic E-state index is 0.0523. The van der Waals surface area contributed by atoms with E-state index in [1.54, 1.807) is 60.7 Å². The maximum atomic E-state index is 12.5. The van der Waals surface area contributed by atoms with E-state index in [0.717, 1.165) is 11.1 Å². The van der Waals surface area contributed by atoms with Crippen molar-refractivity contribution in [3.63, 3.8) is 0 Å². The number of aryl methyl sites for hydroxylation is 1. The first-order valence-corrected chi connectivity index (χ1v) is 9.98. The van der Waals surface area contributed by atoms with Gasteiger partial charge < -0.3 is 15.2 Å². The van der Waals surface area contributed by atoms with Crippen LogP contribution in [0, 0.1) is 18.3 Å². The van der Waals surface area contributed by atoms with Gasteiger partial charge in [0.05, 0.1) is 5.56 Å². The Morgan fingerprint density at radius 1 is 1.12 bits per heavy atom. The van der Waals surface area contributed by atoms with Gasteiger partial charge >= 0.3 is 5.97 Å². The number of halogens is 1. The lowest BCUT2D eigenvalue weighted by Crippen LogP contribution is -2.14. The number of anilines is 1. The molecular weight excluding hydrogens is 428 g/mol. The predicted molar refractivity (Wildman–Crippen MR) is 123 cm³/mol. The van der Waals surface area contributed by atoms with Crippen molar-refractivity contribution in [3.05, 3.63) is 99.6 Å². The molecule has 0 aromatic heterocycles. The van der Waals surface area contributed by atoms with Crippen molar-refractivity contribution in [3.8, 4) is 11.8 Å². The summed E-state index contributed by atoms with van der Waals surface area (Å²) in [4.78, 5) is 23.6. The van der Waals surface area contributed by atoms with Gasteiger partial charge in [-0.1, -0.05) is 41.9 Å². The number of nitrogens with one attached hydrogen (secondary N) is 1. The minimum Gasteiger partial charge on any atom is -0.489 e. The van der Waals surface area contributed by atoms with Crippen molar-refractivity contribution in [2.75, 3.05) is 5.32 Å². The molecule has 3 rings (SSSR count). The average Bonchev–Trinajstić information content (AvgIpc) is 2.79. The summed E-state index contributed by atoms with van der Waals surface area (Å²) in [6.07, 6.45) is 1.48. The molecule has 0 atom stereocenters. The van der Waals surface area contributed by atoms with Gasteiger partial charge in [0.15, 0.2) is 0 Å². The molecule has 0 aliphatic rings. The van der Waals surface area contributed by atoms with Crippen molar-refractivity contribution in [2.45, 2.75) is 13.5 Å². The Labute approximate surface area is 190 Å². The summed E-state index contributed by atoms with van der Waals surface area (Å²) in [5.74, 6) is -0.956. The molecule has 2 N–H and O–H groups in total. The summed E-state index contributed by atoms with van der Waals surface area (Å²) in [7, 11) is 0. The number of nitrogens with zero attached hydrogens (tertiary/aromatic N) is 1. The number of nitriles is 1. The molecule has 0 aliphatic heterocycles. The molecule has 1 amide bonds. The van der Waals surface area contributed by atoms with Gasteiger partial charge in [0.1, 0.15) is 24.0 Å². The SMILES string of the molecule is Cc1ccc(Cl)cc1NC(=O)/C(C#N)=C\c1ccc(OCc2cccc(C(=O)O)c2)cc1. The molecule has 0 spiro atoms. The van der Waals surface area contributed by atoms with Gasteiger partial charge in [-0.15, -0.1) is 0 Å². The van der Waals surface area contributed by atoms with Crippen LogP contribution < -0.4 is 10.1 Å². The molecule has 0 saturated carbocycles. The molecule has 0 fully saturated rings. The van der Waals surface area contributed by atoms with Crippen LogP contribution in [0.4, 0.5) is 5.69 Å². The van der Waals surface area contributed by atoms with Gasteiger partial charge in [0.25, 0.3) is 5.91 Å². The van der Waals surface area contributed by atoms with Crippen molar-refractivity contribution >= 4 is 35.2 Å². The van der Waals surface area contributed by atoms with Crippen LogP contribution in [-0.2, 0) is 11.4 Å². The fourth-order valence-electron chi connectivity index (χ4n) is 2.85. The third-order valence-electron chi connectivity index (χ3n) is 4.58. The molecule has 3 aromatic carbocycles. The molecule has 0 saturated heterocycles. The molecule has 0 bridgehead atoms. The number of rotatable bonds is 7. The molecule has 0 aliphatic carbocycles. The Bertz CT molecular complexity index is 1230. The zero-order chi connectivity index (χ0) is 23.1. The second-order valence-corrected chi connectivity index (χ2v) is 7.38. The highest BCUT2D eigenvalue weighted by Gasteiger charge is 2.11. The number of carboxylic acids is 1. The van der Waals surface area contributed by atoms with E-state index in [9.17, 15) is 14.9 Å². The van der Waals surface area contributed by atoms with Crippen LogP contribution in [0.1, 0.15) is 27.0 Å². The quantitative estimate of drug-likeness (QED) is 0.370. The normalized spacial score (nSPS) is 10.8. The molecule has 32 heavy (non-hydrogen) atoms. The molecule has 7 heteroatoms. The van der Waals surface area contributed by atoms with Crippen molar-refractivity contribution in [1.29, 1.82) is 5.26 Å². The fraction of sp³-hybridized carbons (Fsp3) is 0.0800. The highest BCUT2D eigenvalue weighted by atomic mass is 35.5. The molecule has 160 valence electrons. The second kappa shape index (κ2) is 10.3. The van der Waals surface area contributed by atoms with E-state index in [4.69, 9.17) is 21.4 Å². The van der Waals surface area contributed by atoms with Crippen LogP contribution in [0.15, 0.2) is 72.3 Å². The first-order chi connectivity index (χ1) is 15.4. The van der Waals surface area contributed by atoms with Gasteiger partial charge in [-0.05, 0) is 66.1 Å².